The first-order chi connectivity index (χ1) is 14.2. The SMILES string of the molecule is CC(=O)N1CCN(c2ccc(C(=O)Nc3c(C)cc(Br)cc3C)cc2[N+](=O)[O-])CC1. The van der Waals surface area contributed by atoms with Gasteiger partial charge in [-0.05, 0) is 49.2 Å². The molecule has 30 heavy (non-hydrogen) atoms. The van der Waals surface area contributed by atoms with Crippen LogP contribution in [0.2, 0.25) is 0 Å². The minimum absolute atomic E-state index is 0.00491. The summed E-state index contributed by atoms with van der Waals surface area (Å²) in [5.41, 5.74) is 3.03. The summed E-state index contributed by atoms with van der Waals surface area (Å²) in [7, 11) is 0. The molecule has 0 atom stereocenters. The summed E-state index contributed by atoms with van der Waals surface area (Å²) in [4.78, 5) is 39.1. The Labute approximate surface area is 183 Å². The molecule has 2 amide bonds. The molecule has 3 rings (SSSR count). The van der Waals surface area contributed by atoms with Gasteiger partial charge in [-0.25, -0.2) is 0 Å². The zero-order valence-electron chi connectivity index (χ0n) is 17.1. The standard InChI is InChI=1S/C21H23BrN4O4/c1-13-10-17(22)11-14(2)20(13)23-21(28)16-4-5-18(19(12-16)26(29)30)25-8-6-24(7-9-25)15(3)27/h4-5,10-12H,6-9H2,1-3H3,(H,23,28). The minimum Gasteiger partial charge on any atom is -0.362 e. The van der Waals surface area contributed by atoms with Crippen LogP contribution in [0.25, 0.3) is 0 Å². The van der Waals surface area contributed by atoms with Crippen molar-refractivity contribution in [1.29, 1.82) is 0 Å². The molecule has 1 heterocycles. The Balaban J connectivity index is 1.84. The zero-order chi connectivity index (χ0) is 22.0. The predicted molar refractivity (Wildman–Crippen MR) is 119 cm³/mol. The Kier molecular flexibility index (Phi) is 6.40. The van der Waals surface area contributed by atoms with Gasteiger partial charge in [0.15, 0.2) is 0 Å². The van der Waals surface area contributed by atoms with E-state index in [1.807, 2.05) is 30.9 Å². The summed E-state index contributed by atoms with van der Waals surface area (Å²) >= 11 is 3.43. The summed E-state index contributed by atoms with van der Waals surface area (Å²) in [6.45, 7) is 7.32. The molecule has 0 unspecified atom stereocenters. The van der Waals surface area contributed by atoms with Gasteiger partial charge >= 0.3 is 0 Å². The van der Waals surface area contributed by atoms with Crippen molar-refractivity contribution >= 4 is 44.8 Å². The average Bonchev–Trinajstić information content (AvgIpc) is 2.70. The van der Waals surface area contributed by atoms with E-state index in [2.05, 4.69) is 21.2 Å². The molecule has 1 N–H and O–H groups in total. The second kappa shape index (κ2) is 8.83. The Morgan fingerprint density at radius 1 is 1.07 bits per heavy atom. The summed E-state index contributed by atoms with van der Waals surface area (Å²) < 4.78 is 0.917. The molecule has 1 fully saturated rings. The molecule has 1 aliphatic rings. The fourth-order valence-electron chi connectivity index (χ4n) is 3.63. The summed E-state index contributed by atoms with van der Waals surface area (Å²) in [5.74, 6) is -0.408. The number of anilines is 2. The number of nitro benzene ring substituents is 1. The van der Waals surface area contributed by atoms with Crippen LogP contribution in [0.4, 0.5) is 17.1 Å². The van der Waals surface area contributed by atoms with Crippen LogP contribution in [0.15, 0.2) is 34.8 Å². The summed E-state index contributed by atoms with van der Waals surface area (Å²) in [6.07, 6.45) is 0. The predicted octanol–water partition coefficient (Wildman–Crippen LogP) is 3.89. The molecule has 2 aromatic rings. The summed E-state index contributed by atoms with van der Waals surface area (Å²) in [5, 5.41) is 14.6. The van der Waals surface area contributed by atoms with E-state index >= 15 is 0 Å². The molecule has 1 aliphatic heterocycles. The monoisotopic (exact) mass is 474 g/mol. The second-order valence-corrected chi connectivity index (χ2v) is 8.24. The molecule has 0 bridgehead atoms. The second-order valence-electron chi connectivity index (χ2n) is 7.32. The van der Waals surface area contributed by atoms with Crippen LogP contribution in [-0.2, 0) is 4.79 Å². The zero-order valence-corrected chi connectivity index (χ0v) is 18.7. The molecule has 1 saturated heterocycles. The largest absolute Gasteiger partial charge is 0.362 e. The fraction of sp³-hybridized carbons (Fsp3) is 0.333. The first-order valence-electron chi connectivity index (χ1n) is 9.54. The van der Waals surface area contributed by atoms with Gasteiger partial charge in [0.1, 0.15) is 5.69 Å². The molecule has 0 saturated carbocycles. The topological polar surface area (TPSA) is 95.8 Å². The van der Waals surface area contributed by atoms with E-state index in [1.54, 1.807) is 17.0 Å². The molecule has 0 aliphatic carbocycles. The molecule has 0 aromatic heterocycles. The summed E-state index contributed by atoms with van der Waals surface area (Å²) in [6, 6.07) is 8.31. The Morgan fingerprint density at radius 2 is 1.67 bits per heavy atom. The molecule has 2 aromatic carbocycles. The van der Waals surface area contributed by atoms with Crippen LogP contribution in [0.3, 0.4) is 0 Å². The van der Waals surface area contributed by atoms with Crippen molar-refractivity contribution in [3.8, 4) is 0 Å². The van der Waals surface area contributed by atoms with Crippen molar-refractivity contribution in [1.82, 2.24) is 4.90 Å². The molecule has 0 spiro atoms. The van der Waals surface area contributed by atoms with Crippen LogP contribution in [0.1, 0.15) is 28.4 Å². The lowest BCUT2D eigenvalue weighted by Gasteiger charge is -2.35. The van der Waals surface area contributed by atoms with E-state index in [-0.39, 0.29) is 17.2 Å². The van der Waals surface area contributed by atoms with Gasteiger partial charge in [-0.2, -0.15) is 0 Å². The highest BCUT2D eigenvalue weighted by molar-refractivity contribution is 9.10. The van der Waals surface area contributed by atoms with Crippen molar-refractivity contribution < 1.29 is 14.5 Å². The van der Waals surface area contributed by atoms with Crippen molar-refractivity contribution in [3.63, 3.8) is 0 Å². The Hall–Kier alpha value is -2.94. The third kappa shape index (κ3) is 4.62. The highest BCUT2D eigenvalue weighted by atomic mass is 79.9. The van der Waals surface area contributed by atoms with E-state index in [9.17, 15) is 19.7 Å². The maximum Gasteiger partial charge on any atom is 0.293 e. The van der Waals surface area contributed by atoms with E-state index in [4.69, 9.17) is 0 Å². The van der Waals surface area contributed by atoms with Crippen LogP contribution in [0, 0.1) is 24.0 Å². The van der Waals surface area contributed by atoms with Crippen molar-refractivity contribution in [2.45, 2.75) is 20.8 Å². The number of hydrogen-bond acceptors (Lipinski definition) is 5. The first-order valence-corrected chi connectivity index (χ1v) is 10.3. The normalized spacial score (nSPS) is 13.9. The number of nitrogens with one attached hydrogen (secondary N) is 1. The highest BCUT2D eigenvalue weighted by Crippen LogP contribution is 2.31. The van der Waals surface area contributed by atoms with Crippen LogP contribution < -0.4 is 10.2 Å². The quantitative estimate of drug-likeness (QED) is 0.535. The average molecular weight is 475 g/mol. The maximum absolute atomic E-state index is 12.8. The number of nitrogens with zero attached hydrogens (tertiary/aromatic N) is 3. The number of rotatable bonds is 4. The van der Waals surface area contributed by atoms with E-state index in [0.717, 1.165) is 15.6 Å². The number of carbonyl (C=O) groups is 2. The number of aryl methyl sites for hydroxylation is 2. The number of carbonyl (C=O) groups excluding carboxylic acids is 2. The van der Waals surface area contributed by atoms with Crippen molar-refractivity contribution in [2.24, 2.45) is 0 Å². The minimum atomic E-state index is -0.473. The number of amides is 2. The third-order valence-electron chi connectivity index (χ3n) is 5.24. The number of nitro groups is 1. The Bertz CT molecular complexity index is 993. The van der Waals surface area contributed by atoms with Gasteiger partial charge in [0, 0.05) is 54.9 Å². The molecule has 158 valence electrons. The van der Waals surface area contributed by atoms with E-state index in [1.165, 1.54) is 13.0 Å². The number of hydrogen-bond donors (Lipinski definition) is 1. The molecule has 8 nitrogen and oxygen atoms in total. The van der Waals surface area contributed by atoms with Gasteiger partial charge in [-0.15, -0.1) is 0 Å². The Morgan fingerprint density at radius 3 is 2.20 bits per heavy atom. The third-order valence-corrected chi connectivity index (χ3v) is 5.69. The van der Waals surface area contributed by atoms with Crippen LogP contribution >= 0.6 is 15.9 Å². The van der Waals surface area contributed by atoms with E-state index < -0.39 is 10.8 Å². The van der Waals surface area contributed by atoms with Gasteiger partial charge in [-0.3, -0.25) is 19.7 Å². The lowest BCUT2D eigenvalue weighted by atomic mass is 10.1. The first kappa shape index (κ1) is 21.8. The van der Waals surface area contributed by atoms with Crippen LogP contribution in [-0.4, -0.2) is 47.8 Å². The number of halogens is 1. The lowest BCUT2D eigenvalue weighted by Crippen LogP contribution is -2.48. The van der Waals surface area contributed by atoms with Gasteiger partial charge in [0.05, 0.1) is 4.92 Å². The molecule has 0 radical (unpaired) electrons. The maximum atomic E-state index is 12.8. The molecular formula is C21H23BrN4O4. The highest BCUT2D eigenvalue weighted by Gasteiger charge is 2.26. The molecular weight excluding hydrogens is 452 g/mol. The van der Waals surface area contributed by atoms with Crippen LogP contribution in [0.5, 0.6) is 0 Å². The van der Waals surface area contributed by atoms with Crippen molar-refractivity contribution in [2.75, 3.05) is 36.4 Å². The lowest BCUT2D eigenvalue weighted by molar-refractivity contribution is -0.384. The van der Waals surface area contributed by atoms with Gasteiger partial charge in [0.2, 0.25) is 5.91 Å². The van der Waals surface area contributed by atoms with E-state index in [0.29, 0.717) is 37.6 Å². The van der Waals surface area contributed by atoms with Gasteiger partial charge in [-0.1, -0.05) is 15.9 Å². The fourth-order valence-corrected chi connectivity index (χ4v) is 4.32. The smallest absolute Gasteiger partial charge is 0.293 e. The number of benzene rings is 2. The van der Waals surface area contributed by atoms with Gasteiger partial charge < -0.3 is 15.1 Å². The van der Waals surface area contributed by atoms with Crippen molar-refractivity contribution in [3.05, 3.63) is 61.6 Å². The van der Waals surface area contributed by atoms with Gasteiger partial charge in [0.25, 0.3) is 11.6 Å². The number of piperazine rings is 1. The molecule has 9 heteroatoms.